The van der Waals surface area contributed by atoms with E-state index in [2.05, 4.69) is 23.7 Å². The van der Waals surface area contributed by atoms with Crippen molar-refractivity contribution in [2.75, 3.05) is 13.2 Å². The Labute approximate surface area is 170 Å². The fourth-order valence-electron chi connectivity index (χ4n) is 2.89. The van der Waals surface area contributed by atoms with Gasteiger partial charge >= 0.3 is 5.97 Å². The Morgan fingerprint density at radius 3 is 2.21 bits per heavy atom. The molecule has 28 heavy (non-hydrogen) atoms. The van der Waals surface area contributed by atoms with Crippen molar-refractivity contribution in [3.8, 4) is 23.7 Å². The average Bonchev–Trinajstić information content (AvgIpc) is 2.72. The summed E-state index contributed by atoms with van der Waals surface area (Å²) < 4.78 is 10.9. The molecule has 0 aliphatic heterocycles. The normalized spacial score (nSPS) is 14.0. The number of allylic oxidation sites excluding steroid dienone is 2. The second-order valence-electron chi connectivity index (χ2n) is 6.69. The summed E-state index contributed by atoms with van der Waals surface area (Å²) in [5, 5.41) is 10.4. The van der Waals surface area contributed by atoms with Crippen molar-refractivity contribution in [1.82, 2.24) is 0 Å². The Hall–Kier alpha value is -2.01. The minimum absolute atomic E-state index is 0.375. The summed E-state index contributed by atoms with van der Waals surface area (Å²) in [5.41, 5.74) is 0.972. The molecule has 154 valence electrons. The Morgan fingerprint density at radius 1 is 0.964 bits per heavy atom. The average molecular weight is 387 g/mol. The zero-order valence-corrected chi connectivity index (χ0v) is 17.4. The van der Waals surface area contributed by atoms with Crippen LogP contribution in [0.3, 0.4) is 0 Å². The number of ether oxygens (including phenoxy) is 2. The summed E-state index contributed by atoms with van der Waals surface area (Å²) in [5.74, 6) is 11.4. The van der Waals surface area contributed by atoms with E-state index in [1.807, 2.05) is 26.0 Å². The number of esters is 1. The van der Waals surface area contributed by atoms with E-state index >= 15 is 0 Å². The van der Waals surface area contributed by atoms with Crippen molar-refractivity contribution in [1.29, 1.82) is 0 Å². The molecule has 0 heterocycles. The number of hydrogen-bond acceptors (Lipinski definition) is 4. The van der Waals surface area contributed by atoms with Crippen molar-refractivity contribution in [2.24, 2.45) is 0 Å². The number of rotatable bonds is 13. The van der Waals surface area contributed by atoms with Gasteiger partial charge in [0.15, 0.2) is 6.29 Å². The van der Waals surface area contributed by atoms with E-state index in [9.17, 15) is 9.90 Å². The topological polar surface area (TPSA) is 55.8 Å². The molecular formula is C24H34O4. The summed E-state index contributed by atoms with van der Waals surface area (Å²) >= 11 is 0. The van der Waals surface area contributed by atoms with Gasteiger partial charge < -0.3 is 14.6 Å². The zero-order chi connectivity index (χ0) is 20.5. The van der Waals surface area contributed by atoms with E-state index < -0.39 is 6.29 Å². The maximum Gasteiger partial charge on any atom is 0.338 e. The van der Waals surface area contributed by atoms with Crippen LogP contribution in [0.25, 0.3) is 0 Å². The summed E-state index contributed by atoms with van der Waals surface area (Å²) in [6.45, 7) is 4.53. The van der Waals surface area contributed by atoms with Crippen LogP contribution in [0.4, 0.5) is 0 Å². The quantitative estimate of drug-likeness (QED) is 0.216. The second-order valence-corrected chi connectivity index (χ2v) is 6.69. The van der Waals surface area contributed by atoms with Crippen LogP contribution >= 0.6 is 0 Å². The lowest BCUT2D eigenvalue weighted by Crippen LogP contribution is -2.23. The highest BCUT2D eigenvalue weighted by molar-refractivity contribution is 5.93. The number of carbonyl (C=O) groups excluding carboxylic acids is 1. The summed E-state index contributed by atoms with van der Waals surface area (Å²) in [6, 6.07) is 0. The molecule has 1 atom stereocenters. The molecule has 0 saturated heterocycles. The minimum atomic E-state index is -1.08. The summed E-state index contributed by atoms with van der Waals surface area (Å²) in [7, 11) is 0. The van der Waals surface area contributed by atoms with Gasteiger partial charge in [-0.15, -0.1) is 23.7 Å². The number of unbranched alkanes of at least 4 members (excludes halogenated alkanes) is 6. The van der Waals surface area contributed by atoms with E-state index in [1.54, 1.807) is 0 Å². The molecule has 0 aromatic rings. The Morgan fingerprint density at radius 2 is 1.57 bits per heavy atom. The van der Waals surface area contributed by atoms with E-state index in [-0.39, 0.29) is 5.97 Å². The molecule has 1 unspecified atom stereocenters. The molecule has 1 aliphatic rings. The maximum atomic E-state index is 12.4. The first-order valence-electron chi connectivity index (χ1n) is 10.4. The Balaban J connectivity index is 2.32. The lowest BCUT2D eigenvalue weighted by molar-refractivity contribution is -0.139. The van der Waals surface area contributed by atoms with Crippen molar-refractivity contribution < 1.29 is 19.4 Å². The van der Waals surface area contributed by atoms with Gasteiger partial charge in [-0.05, 0) is 58.8 Å². The van der Waals surface area contributed by atoms with E-state index in [4.69, 9.17) is 9.47 Å². The molecule has 0 aromatic heterocycles. The van der Waals surface area contributed by atoms with Gasteiger partial charge in [0, 0.05) is 18.4 Å². The number of aliphatic hydroxyl groups is 1. The van der Waals surface area contributed by atoms with Gasteiger partial charge in [-0.25, -0.2) is 4.79 Å². The fraction of sp³-hybridized carbons (Fsp3) is 0.625. The summed E-state index contributed by atoms with van der Waals surface area (Å²) in [6.07, 6.45) is 11.7. The fourth-order valence-corrected chi connectivity index (χ4v) is 2.89. The van der Waals surface area contributed by atoms with Crippen LogP contribution in [-0.4, -0.2) is 30.6 Å². The second kappa shape index (κ2) is 16.0. The first kappa shape index (κ1) is 24.0. The van der Waals surface area contributed by atoms with E-state index in [0.717, 1.165) is 64.2 Å². The standard InChI is InChI=1S/C24H34O4/c1-3-5-7-9-11-15-19-27-23(25)21-17-13-14-18-22(21)24(26)28-20-16-12-10-8-6-4-2/h17-18,23,25H,7-16,19-20H2,1-2H3. The third kappa shape index (κ3) is 10.4. The van der Waals surface area contributed by atoms with Gasteiger partial charge in [0.05, 0.1) is 18.8 Å². The minimum Gasteiger partial charge on any atom is -0.462 e. The van der Waals surface area contributed by atoms with Crippen LogP contribution in [0, 0.1) is 23.7 Å². The molecular weight excluding hydrogens is 352 g/mol. The van der Waals surface area contributed by atoms with Gasteiger partial charge in [0.1, 0.15) is 0 Å². The van der Waals surface area contributed by atoms with Gasteiger partial charge in [0.25, 0.3) is 0 Å². The Kier molecular flexibility index (Phi) is 13.7. The van der Waals surface area contributed by atoms with Crippen molar-refractivity contribution in [3.05, 3.63) is 23.3 Å². The lowest BCUT2D eigenvalue weighted by atomic mass is 9.97. The lowest BCUT2D eigenvalue weighted by Gasteiger charge is -2.20. The van der Waals surface area contributed by atoms with Crippen molar-refractivity contribution in [2.45, 2.75) is 84.3 Å². The third-order valence-electron chi connectivity index (χ3n) is 4.43. The van der Waals surface area contributed by atoms with Crippen molar-refractivity contribution in [3.63, 3.8) is 0 Å². The largest absolute Gasteiger partial charge is 0.462 e. The van der Waals surface area contributed by atoms with Gasteiger partial charge in [-0.3, -0.25) is 0 Å². The third-order valence-corrected chi connectivity index (χ3v) is 4.43. The van der Waals surface area contributed by atoms with Crippen LogP contribution in [0.5, 0.6) is 0 Å². The highest BCUT2D eigenvalue weighted by Crippen LogP contribution is 2.24. The molecule has 0 saturated carbocycles. The first-order valence-corrected chi connectivity index (χ1v) is 10.4. The number of aliphatic hydroxyl groups excluding tert-OH is 1. The predicted molar refractivity (Wildman–Crippen MR) is 112 cm³/mol. The zero-order valence-electron chi connectivity index (χ0n) is 17.4. The van der Waals surface area contributed by atoms with E-state index in [0.29, 0.717) is 24.4 Å². The van der Waals surface area contributed by atoms with Crippen LogP contribution in [-0.2, 0) is 14.3 Å². The van der Waals surface area contributed by atoms with Crippen LogP contribution in [0.15, 0.2) is 23.3 Å². The van der Waals surface area contributed by atoms with Crippen LogP contribution < -0.4 is 0 Å². The first-order chi connectivity index (χ1) is 13.7. The Bertz CT molecular complexity index is 637. The predicted octanol–water partition coefficient (Wildman–Crippen LogP) is 4.68. The highest BCUT2D eigenvalue weighted by atomic mass is 16.6. The molecule has 0 spiro atoms. The number of carbonyl (C=O) groups is 1. The molecule has 0 fully saturated rings. The molecule has 1 rings (SSSR count). The van der Waals surface area contributed by atoms with Gasteiger partial charge in [-0.2, -0.15) is 0 Å². The molecule has 0 amide bonds. The van der Waals surface area contributed by atoms with Crippen LogP contribution in [0.1, 0.15) is 78.1 Å². The van der Waals surface area contributed by atoms with Gasteiger partial charge in [0.2, 0.25) is 0 Å². The molecule has 1 N–H and O–H groups in total. The molecule has 0 aromatic carbocycles. The van der Waals surface area contributed by atoms with Gasteiger partial charge in [-0.1, -0.05) is 18.6 Å². The number of hydrogen-bond donors (Lipinski definition) is 1. The van der Waals surface area contributed by atoms with Crippen molar-refractivity contribution >= 4 is 5.97 Å². The molecule has 4 heteroatoms. The smallest absolute Gasteiger partial charge is 0.338 e. The van der Waals surface area contributed by atoms with E-state index in [1.165, 1.54) is 0 Å². The SMILES string of the molecule is CC#CCCCCCOC(=O)C1=CCCC=C1C(O)OCCCCCC#CC. The molecule has 4 nitrogen and oxygen atoms in total. The molecule has 1 aliphatic carbocycles. The molecule has 0 bridgehead atoms. The highest BCUT2D eigenvalue weighted by Gasteiger charge is 2.24. The monoisotopic (exact) mass is 386 g/mol. The summed E-state index contributed by atoms with van der Waals surface area (Å²) in [4.78, 5) is 12.4. The molecule has 0 radical (unpaired) electrons. The van der Waals surface area contributed by atoms with Crippen LogP contribution in [0.2, 0.25) is 0 Å². The maximum absolute atomic E-state index is 12.4.